The minimum Gasteiger partial charge on any atom is -0.493 e. The molecule has 0 aromatic heterocycles. The van der Waals surface area contributed by atoms with Gasteiger partial charge in [-0.1, -0.05) is 13.8 Å². The van der Waals surface area contributed by atoms with Crippen LogP contribution in [0.25, 0.3) is 0 Å². The highest BCUT2D eigenvalue weighted by atomic mass is 79.9. The molecule has 0 saturated heterocycles. The van der Waals surface area contributed by atoms with Crippen molar-refractivity contribution in [3.05, 3.63) is 22.2 Å². The van der Waals surface area contributed by atoms with E-state index >= 15 is 0 Å². The average molecular weight is 371 g/mol. The van der Waals surface area contributed by atoms with E-state index in [4.69, 9.17) is 9.47 Å². The van der Waals surface area contributed by atoms with Crippen molar-refractivity contribution in [1.82, 2.24) is 5.43 Å². The number of amides is 1. The summed E-state index contributed by atoms with van der Waals surface area (Å²) in [5, 5.41) is 4.14. The molecule has 122 valence electrons. The standard InChI is InChI=1S/C16H23BrN2O3/c1-6-10(3)11(4)18-19-16(20)12-8-13(17)15(22-7-2)14(9-12)21-5/h8-10H,6-7H2,1-5H3,(H,19,20)/b18-11-/t10-/m0/s1. The highest BCUT2D eigenvalue weighted by molar-refractivity contribution is 9.10. The van der Waals surface area contributed by atoms with Gasteiger partial charge in [-0.05, 0) is 54.2 Å². The second-order valence-corrected chi connectivity index (χ2v) is 5.78. The lowest BCUT2D eigenvalue weighted by molar-refractivity contribution is 0.0954. The molecule has 1 aromatic carbocycles. The van der Waals surface area contributed by atoms with Crippen LogP contribution in [0.5, 0.6) is 11.5 Å². The molecule has 0 fully saturated rings. The Balaban J connectivity index is 2.97. The van der Waals surface area contributed by atoms with Crippen LogP contribution in [0.15, 0.2) is 21.7 Å². The molecule has 22 heavy (non-hydrogen) atoms. The number of carbonyl (C=O) groups excluding carboxylic acids is 1. The second-order valence-electron chi connectivity index (χ2n) is 4.93. The van der Waals surface area contributed by atoms with E-state index in [9.17, 15) is 4.79 Å². The van der Waals surface area contributed by atoms with Gasteiger partial charge in [-0.15, -0.1) is 0 Å². The lowest BCUT2D eigenvalue weighted by atomic mass is 10.1. The summed E-state index contributed by atoms with van der Waals surface area (Å²) >= 11 is 3.40. The van der Waals surface area contributed by atoms with Gasteiger partial charge >= 0.3 is 0 Å². The van der Waals surface area contributed by atoms with Gasteiger partial charge in [0.15, 0.2) is 11.5 Å². The minimum absolute atomic E-state index is 0.287. The Kier molecular flexibility index (Phi) is 7.38. The summed E-state index contributed by atoms with van der Waals surface area (Å²) in [4.78, 5) is 12.2. The van der Waals surface area contributed by atoms with Crippen LogP contribution >= 0.6 is 15.9 Å². The first-order chi connectivity index (χ1) is 10.4. The molecule has 0 heterocycles. The summed E-state index contributed by atoms with van der Waals surface area (Å²) in [5.41, 5.74) is 3.92. The zero-order valence-electron chi connectivity index (χ0n) is 13.7. The van der Waals surface area contributed by atoms with Crippen LogP contribution in [0, 0.1) is 5.92 Å². The maximum atomic E-state index is 12.2. The molecule has 0 unspecified atom stereocenters. The Labute approximate surface area is 140 Å². The van der Waals surface area contributed by atoms with Crippen molar-refractivity contribution >= 4 is 27.5 Å². The Hall–Kier alpha value is -1.56. The van der Waals surface area contributed by atoms with Gasteiger partial charge in [-0.3, -0.25) is 4.79 Å². The maximum Gasteiger partial charge on any atom is 0.271 e. The molecule has 1 rings (SSSR count). The molecule has 0 bridgehead atoms. The Morgan fingerprint density at radius 1 is 1.41 bits per heavy atom. The molecule has 6 heteroatoms. The Morgan fingerprint density at radius 2 is 2.09 bits per heavy atom. The number of nitrogens with one attached hydrogen (secondary N) is 1. The molecule has 0 radical (unpaired) electrons. The van der Waals surface area contributed by atoms with E-state index in [1.54, 1.807) is 12.1 Å². The molecule has 1 atom stereocenters. The predicted molar refractivity (Wildman–Crippen MR) is 91.9 cm³/mol. The summed E-state index contributed by atoms with van der Waals surface area (Å²) in [6.07, 6.45) is 0.980. The molecule has 0 spiro atoms. The molecule has 0 aliphatic carbocycles. The third kappa shape index (κ3) is 4.73. The molecular weight excluding hydrogens is 348 g/mol. The topological polar surface area (TPSA) is 59.9 Å². The lowest BCUT2D eigenvalue weighted by Gasteiger charge is -2.13. The Bertz CT molecular complexity index is 559. The van der Waals surface area contributed by atoms with Crippen molar-refractivity contribution in [2.45, 2.75) is 34.1 Å². The summed E-state index contributed by atoms with van der Waals surface area (Å²) in [5.74, 6) is 1.14. The number of ether oxygens (including phenoxy) is 2. The third-order valence-corrected chi connectivity index (χ3v) is 4.03. The van der Waals surface area contributed by atoms with Crippen LogP contribution < -0.4 is 14.9 Å². The third-order valence-electron chi connectivity index (χ3n) is 3.44. The number of hydrazone groups is 1. The van der Waals surface area contributed by atoms with Crippen LogP contribution in [0.2, 0.25) is 0 Å². The number of rotatable bonds is 7. The molecule has 0 saturated carbocycles. The first-order valence-electron chi connectivity index (χ1n) is 7.29. The van der Waals surface area contributed by atoms with E-state index in [0.29, 0.717) is 34.1 Å². The smallest absolute Gasteiger partial charge is 0.271 e. The minimum atomic E-state index is -0.287. The molecule has 1 N–H and O–H groups in total. The molecular formula is C16H23BrN2O3. The lowest BCUT2D eigenvalue weighted by Crippen LogP contribution is -2.21. The van der Waals surface area contributed by atoms with Crippen LogP contribution in [0.3, 0.4) is 0 Å². The molecule has 5 nitrogen and oxygen atoms in total. The quantitative estimate of drug-likeness (QED) is 0.582. The van der Waals surface area contributed by atoms with Gasteiger partial charge in [0.1, 0.15) is 0 Å². The van der Waals surface area contributed by atoms with Crippen molar-refractivity contribution in [3.63, 3.8) is 0 Å². The van der Waals surface area contributed by atoms with Crippen molar-refractivity contribution in [2.24, 2.45) is 11.0 Å². The number of nitrogens with zero attached hydrogens (tertiary/aromatic N) is 1. The van der Waals surface area contributed by atoms with E-state index in [2.05, 4.69) is 40.3 Å². The summed E-state index contributed by atoms with van der Waals surface area (Å²) in [6, 6.07) is 3.33. The van der Waals surface area contributed by atoms with E-state index < -0.39 is 0 Å². The van der Waals surface area contributed by atoms with E-state index in [-0.39, 0.29) is 5.91 Å². The zero-order valence-corrected chi connectivity index (χ0v) is 15.3. The number of methoxy groups -OCH3 is 1. The Morgan fingerprint density at radius 3 is 2.64 bits per heavy atom. The summed E-state index contributed by atoms with van der Waals surface area (Å²) < 4.78 is 11.5. The maximum absolute atomic E-state index is 12.2. The fraction of sp³-hybridized carbons (Fsp3) is 0.500. The number of benzene rings is 1. The highest BCUT2D eigenvalue weighted by Gasteiger charge is 2.15. The number of carbonyl (C=O) groups is 1. The fourth-order valence-electron chi connectivity index (χ4n) is 1.74. The van der Waals surface area contributed by atoms with Crippen molar-refractivity contribution in [3.8, 4) is 11.5 Å². The van der Waals surface area contributed by atoms with Crippen molar-refractivity contribution < 1.29 is 14.3 Å². The molecule has 0 aliphatic rings. The fourth-order valence-corrected chi connectivity index (χ4v) is 2.30. The average Bonchev–Trinajstić information content (AvgIpc) is 2.52. The summed E-state index contributed by atoms with van der Waals surface area (Å²) in [6.45, 7) is 8.46. The van der Waals surface area contributed by atoms with Gasteiger partial charge in [0.05, 0.1) is 18.2 Å². The van der Waals surface area contributed by atoms with Crippen molar-refractivity contribution in [1.29, 1.82) is 0 Å². The van der Waals surface area contributed by atoms with Gasteiger partial charge in [0, 0.05) is 11.3 Å². The number of hydrogen-bond acceptors (Lipinski definition) is 4. The first-order valence-corrected chi connectivity index (χ1v) is 8.08. The number of halogens is 1. The van der Waals surface area contributed by atoms with Crippen LogP contribution in [0.1, 0.15) is 44.5 Å². The largest absolute Gasteiger partial charge is 0.493 e. The second kappa shape index (κ2) is 8.78. The van der Waals surface area contributed by atoms with E-state index in [0.717, 1.165) is 12.1 Å². The normalized spacial score (nSPS) is 12.7. The molecule has 1 amide bonds. The zero-order chi connectivity index (χ0) is 16.7. The van der Waals surface area contributed by atoms with E-state index in [1.165, 1.54) is 7.11 Å². The van der Waals surface area contributed by atoms with Gasteiger partial charge in [-0.2, -0.15) is 5.10 Å². The number of hydrogen-bond donors (Lipinski definition) is 1. The van der Waals surface area contributed by atoms with Gasteiger partial charge in [0.2, 0.25) is 0 Å². The monoisotopic (exact) mass is 370 g/mol. The summed E-state index contributed by atoms with van der Waals surface area (Å²) in [7, 11) is 1.54. The molecule has 1 aromatic rings. The van der Waals surface area contributed by atoms with Gasteiger partial charge < -0.3 is 9.47 Å². The highest BCUT2D eigenvalue weighted by Crippen LogP contribution is 2.36. The van der Waals surface area contributed by atoms with Gasteiger partial charge in [0.25, 0.3) is 5.91 Å². The van der Waals surface area contributed by atoms with E-state index in [1.807, 2.05) is 13.8 Å². The predicted octanol–water partition coefficient (Wildman–Crippen LogP) is 4.01. The first kappa shape index (κ1) is 18.5. The SMILES string of the molecule is CCOc1c(Br)cc(C(=O)N/N=C(/C)[C@@H](C)CC)cc1OC. The van der Waals surface area contributed by atoms with Gasteiger partial charge in [-0.25, -0.2) is 5.43 Å². The molecule has 0 aliphatic heterocycles. The van der Waals surface area contributed by atoms with Crippen LogP contribution in [-0.4, -0.2) is 25.3 Å². The van der Waals surface area contributed by atoms with Crippen molar-refractivity contribution in [2.75, 3.05) is 13.7 Å². The van der Waals surface area contributed by atoms with Crippen LogP contribution in [0.4, 0.5) is 0 Å². The van der Waals surface area contributed by atoms with Crippen LogP contribution in [-0.2, 0) is 0 Å².